The van der Waals surface area contributed by atoms with Gasteiger partial charge in [-0.3, -0.25) is 0 Å². The smallest absolute Gasteiger partial charge is 0.126 e. The number of aryl methyl sites for hydroxylation is 1. The maximum atomic E-state index is 13.3. The second-order valence-corrected chi connectivity index (χ2v) is 5.54. The summed E-state index contributed by atoms with van der Waals surface area (Å²) in [6, 6.07) is 5.01. The highest BCUT2D eigenvalue weighted by atomic mass is 79.9. The van der Waals surface area contributed by atoms with Crippen LogP contribution in [-0.4, -0.2) is 18.5 Å². The predicted octanol–water partition coefficient (Wildman–Crippen LogP) is 3.93. The minimum absolute atomic E-state index is 0.143. The standard InChI is InChI=1S/C11H13Br2FO/c1-15-7-10(13)3-2-8-6-9(12)4-5-11(8)14/h4-6,10H,2-3,7H2,1H3. The van der Waals surface area contributed by atoms with Crippen molar-refractivity contribution >= 4 is 31.9 Å². The number of rotatable bonds is 5. The van der Waals surface area contributed by atoms with Gasteiger partial charge in [-0.15, -0.1) is 0 Å². The fraction of sp³-hybridized carbons (Fsp3) is 0.455. The summed E-state index contributed by atoms with van der Waals surface area (Å²) in [4.78, 5) is 0.279. The molecule has 0 aliphatic carbocycles. The molecule has 1 unspecified atom stereocenters. The molecule has 0 amide bonds. The lowest BCUT2D eigenvalue weighted by Crippen LogP contribution is -2.08. The first kappa shape index (κ1) is 13.1. The SMILES string of the molecule is COCC(Br)CCc1cc(Br)ccc1F. The molecule has 1 aromatic carbocycles. The Hall–Kier alpha value is 0.0700. The Balaban J connectivity index is 2.53. The summed E-state index contributed by atoms with van der Waals surface area (Å²) in [6.45, 7) is 0.648. The van der Waals surface area contributed by atoms with Crippen LogP contribution >= 0.6 is 31.9 Å². The average Bonchev–Trinajstić information content (AvgIpc) is 2.20. The van der Waals surface area contributed by atoms with E-state index in [1.807, 2.05) is 6.07 Å². The van der Waals surface area contributed by atoms with E-state index in [1.165, 1.54) is 6.07 Å². The van der Waals surface area contributed by atoms with Crippen LogP contribution in [0.4, 0.5) is 4.39 Å². The van der Waals surface area contributed by atoms with E-state index >= 15 is 0 Å². The topological polar surface area (TPSA) is 9.23 Å². The second kappa shape index (κ2) is 6.61. The molecule has 4 heteroatoms. The first-order chi connectivity index (χ1) is 7.13. The van der Waals surface area contributed by atoms with Gasteiger partial charge in [-0.05, 0) is 36.6 Å². The molecule has 0 bridgehead atoms. The molecule has 84 valence electrons. The van der Waals surface area contributed by atoms with Gasteiger partial charge >= 0.3 is 0 Å². The third-order valence-electron chi connectivity index (χ3n) is 2.08. The van der Waals surface area contributed by atoms with Gasteiger partial charge in [0.05, 0.1) is 6.61 Å². The molecule has 0 aliphatic heterocycles. The van der Waals surface area contributed by atoms with Crippen LogP contribution in [0.1, 0.15) is 12.0 Å². The zero-order valence-corrected chi connectivity index (χ0v) is 11.6. The minimum Gasteiger partial charge on any atom is -0.384 e. The highest BCUT2D eigenvalue weighted by Gasteiger charge is 2.07. The van der Waals surface area contributed by atoms with Gasteiger partial charge in [-0.1, -0.05) is 31.9 Å². The van der Waals surface area contributed by atoms with Crippen molar-refractivity contribution in [3.8, 4) is 0 Å². The average molecular weight is 340 g/mol. The van der Waals surface area contributed by atoms with Gasteiger partial charge in [-0.25, -0.2) is 4.39 Å². The summed E-state index contributed by atoms with van der Waals surface area (Å²) in [5.74, 6) is -0.143. The van der Waals surface area contributed by atoms with Crippen molar-refractivity contribution in [1.29, 1.82) is 0 Å². The summed E-state index contributed by atoms with van der Waals surface area (Å²) in [6.07, 6.45) is 1.58. The maximum absolute atomic E-state index is 13.3. The van der Waals surface area contributed by atoms with E-state index in [2.05, 4.69) is 31.9 Å². The lowest BCUT2D eigenvalue weighted by molar-refractivity contribution is 0.198. The lowest BCUT2D eigenvalue weighted by atomic mass is 10.1. The van der Waals surface area contributed by atoms with Crippen LogP contribution < -0.4 is 0 Å². The Bertz CT molecular complexity index is 317. The molecule has 0 radical (unpaired) electrons. The molecule has 0 saturated carbocycles. The molecule has 0 saturated heterocycles. The normalized spacial score (nSPS) is 12.8. The van der Waals surface area contributed by atoms with E-state index in [4.69, 9.17) is 4.74 Å². The first-order valence-electron chi connectivity index (χ1n) is 4.70. The molecule has 0 heterocycles. The number of halogens is 3. The van der Waals surface area contributed by atoms with Crippen molar-refractivity contribution in [1.82, 2.24) is 0 Å². The molecule has 0 spiro atoms. The van der Waals surface area contributed by atoms with E-state index in [0.29, 0.717) is 13.0 Å². The number of benzene rings is 1. The second-order valence-electron chi connectivity index (χ2n) is 3.33. The number of ether oxygens (including phenoxy) is 1. The third kappa shape index (κ3) is 4.62. The van der Waals surface area contributed by atoms with Crippen molar-refractivity contribution < 1.29 is 9.13 Å². The number of hydrogen-bond acceptors (Lipinski definition) is 1. The highest BCUT2D eigenvalue weighted by Crippen LogP contribution is 2.18. The fourth-order valence-corrected chi connectivity index (χ4v) is 2.21. The Morgan fingerprint density at radius 1 is 1.47 bits per heavy atom. The lowest BCUT2D eigenvalue weighted by Gasteiger charge is -2.09. The van der Waals surface area contributed by atoms with Crippen LogP contribution in [0.5, 0.6) is 0 Å². The first-order valence-corrected chi connectivity index (χ1v) is 6.41. The number of methoxy groups -OCH3 is 1. The van der Waals surface area contributed by atoms with Crippen molar-refractivity contribution in [3.63, 3.8) is 0 Å². The summed E-state index contributed by atoms with van der Waals surface area (Å²) < 4.78 is 19.2. The summed E-state index contributed by atoms with van der Waals surface area (Å²) >= 11 is 6.81. The maximum Gasteiger partial charge on any atom is 0.126 e. The van der Waals surface area contributed by atoms with Crippen LogP contribution in [-0.2, 0) is 11.2 Å². The number of alkyl halides is 1. The van der Waals surface area contributed by atoms with Gasteiger partial charge in [-0.2, -0.15) is 0 Å². The van der Waals surface area contributed by atoms with E-state index in [9.17, 15) is 4.39 Å². The summed E-state index contributed by atoms with van der Waals surface area (Å²) in [5, 5.41) is 0. The van der Waals surface area contributed by atoms with Crippen molar-refractivity contribution in [2.75, 3.05) is 13.7 Å². The summed E-state index contributed by atoms with van der Waals surface area (Å²) in [7, 11) is 1.66. The van der Waals surface area contributed by atoms with Gasteiger partial charge < -0.3 is 4.74 Å². The van der Waals surface area contributed by atoms with Crippen molar-refractivity contribution in [2.24, 2.45) is 0 Å². The minimum atomic E-state index is -0.143. The van der Waals surface area contributed by atoms with Gasteiger partial charge in [0.1, 0.15) is 5.82 Å². The summed E-state index contributed by atoms with van der Waals surface area (Å²) in [5.41, 5.74) is 0.741. The van der Waals surface area contributed by atoms with Crippen LogP contribution in [0.3, 0.4) is 0 Å². The van der Waals surface area contributed by atoms with Gasteiger partial charge in [0, 0.05) is 16.4 Å². The molecule has 15 heavy (non-hydrogen) atoms. The molecule has 0 N–H and O–H groups in total. The molecule has 1 rings (SSSR count). The molecule has 1 nitrogen and oxygen atoms in total. The van der Waals surface area contributed by atoms with E-state index in [-0.39, 0.29) is 10.6 Å². The molecule has 1 atom stereocenters. The predicted molar refractivity (Wildman–Crippen MR) is 67.0 cm³/mol. The van der Waals surface area contributed by atoms with Gasteiger partial charge in [0.15, 0.2) is 0 Å². The van der Waals surface area contributed by atoms with Crippen LogP contribution in [0.2, 0.25) is 0 Å². The Kier molecular flexibility index (Phi) is 5.79. The van der Waals surface area contributed by atoms with Crippen LogP contribution in [0, 0.1) is 5.82 Å². The van der Waals surface area contributed by atoms with E-state index in [0.717, 1.165) is 16.5 Å². The zero-order valence-electron chi connectivity index (χ0n) is 8.47. The molecule has 1 aromatic rings. The molecule has 0 aromatic heterocycles. The monoisotopic (exact) mass is 338 g/mol. The highest BCUT2D eigenvalue weighted by molar-refractivity contribution is 9.10. The zero-order chi connectivity index (χ0) is 11.3. The Labute approximate surface area is 106 Å². The largest absolute Gasteiger partial charge is 0.384 e. The van der Waals surface area contributed by atoms with E-state index in [1.54, 1.807) is 13.2 Å². The number of hydrogen-bond donors (Lipinski definition) is 0. The fourth-order valence-electron chi connectivity index (χ4n) is 1.31. The van der Waals surface area contributed by atoms with Crippen LogP contribution in [0.15, 0.2) is 22.7 Å². The van der Waals surface area contributed by atoms with Gasteiger partial charge in [0.2, 0.25) is 0 Å². The Morgan fingerprint density at radius 2 is 2.20 bits per heavy atom. The van der Waals surface area contributed by atoms with Gasteiger partial charge in [0.25, 0.3) is 0 Å². The van der Waals surface area contributed by atoms with Crippen molar-refractivity contribution in [2.45, 2.75) is 17.7 Å². The molecule has 0 fully saturated rings. The molecular weight excluding hydrogens is 327 g/mol. The molecular formula is C11H13Br2FO. The quantitative estimate of drug-likeness (QED) is 0.738. The molecule has 0 aliphatic rings. The van der Waals surface area contributed by atoms with Crippen LogP contribution in [0.25, 0.3) is 0 Å². The van der Waals surface area contributed by atoms with Crippen molar-refractivity contribution in [3.05, 3.63) is 34.1 Å². The van der Waals surface area contributed by atoms with E-state index < -0.39 is 0 Å². The Morgan fingerprint density at radius 3 is 2.87 bits per heavy atom. The third-order valence-corrected chi connectivity index (χ3v) is 3.30.